The summed E-state index contributed by atoms with van der Waals surface area (Å²) in [7, 11) is 0. The molecule has 0 bridgehead atoms. The molecular formula is C11H17F3N4O3S. The number of carbonyl (C=O) groups is 2. The largest absolute Gasteiger partial charge is 0.490 e. The van der Waals surface area contributed by atoms with E-state index in [9.17, 15) is 18.0 Å². The van der Waals surface area contributed by atoms with Crippen LogP contribution in [0.25, 0.3) is 0 Å². The lowest BCUT2D eigenvalue weighted by Gasteiger charge is -2.24. The van der Waals surface area contributed by atoms with Gasteiger partial charge in [0.25, 0.3) is 0 Å². The number of carboxylic acid groups (broad SMARTS) is 1. The van der Waals surface area contributed by atoms with Gasteiger partial charge in [-0.05, 0) is 13.8 Å². The fourth-order valence-electron chi connectivity index (χ4n) is 1.22. The van der Waals surface area contributed by atoms with Gasteiger partial charge in [-0.15, -0.1) is 11.8 Å². The van der Waals surface area contributed by atoms with Crippen LogP contribution in [-0.2, 0) is 9.59 Å². The van der Waals surface area contributed by atoms with Gasteiger partial charge >= 0.3 is 12.1 Å². The number of nitriles is 1. The maximum atomic E-state index is 11.8. The van der Waals surface area contributed by atoms with E-state index in [0.29, 0.717) is 11.6 Å². The highest BCUT2D eigenvalue weighted by atomic mass is 32.2. The van der Waals surface area contributed by atoms with Crippen molar-refractivity contribution in [3.8, 4) is 6.07 Å². The Balaban J connectivity index is 0.000000534. The topological polar surface area (TPSA) is 111 Å². The third kappa shape index (κ3) is 6.97. The van der Waals surface area contributed by atoms with Crippen LogP contribution in [0.3, 0.4) is 0 Å². The smallest absolute Gasteiger partial charge is 0.475 e. The Morgan fingerprint density at radius 2 is 2.05 bits per heavy atom. The van der Waals surface area contributed by atoms with Crippen molar-refractivity contribution in [3.63, 3.8) is 0 Å². The number of aliphatic carboxylic acids is 1. The maximum Gasteiger partial charge on any atom is 0.490 e. The van der Waals surface area contributed by atoms with Crippen LogP contribution in [-0.4, -0.2) is 63.3 Å². The van der Waals surface area contributed by atoms with E-state index in [2.05, 4.69) is 6.07 Å². The van der Waals surface area contributed by atoms with Crippen LogP contribution in [0.1, 0.15) is 13.8 Å². The highest BCUT2D eigenvalue weighted by Gasteiger charge is 2.38. The summed E-state index contributed by atoms with van der Waals surface area (Å²) < 4.78 is 31.7. The molecule has 1 aliphatic heterocycles. The number of hydrazine groups is 1. The fourth-order valence-corrected chi connectivity index (χ4v) is 2.33. The van der Waals surface area contributed by atoms with Crippen LogP contribution in [0.4, 0.5) is 13.2 Å². The summed E-state index contributed by atoms with van der Waals surface area (Å²) in [6.45, 7) is 4.03. The third-order valence-electron chi connectivity index (χ3n) is 2.58. The van der Waals surface area contributed by atoms with Gasteiger partial charge in [-0.1, -0.05) is 0 Å². The summed E-state index contributed by atoms with van der Waals surface area (Å²) in [5.74, 6) is 4.15. The molecule has 1 heterocycles. The van der Waals surface area contributed by atoms with Crippen molar-refractivity contribution < 1.29 is 27.9 Å². The first-order valence-electron chi connectivity index (χ1n) is 6.09. The van der Waals surface area contributed by atoms with Gasteiger partial charge < -0.3 is 10.0 Å². The van der Waals surface area contributed by atoms with Gasteiger partial charge in [0.15, 0.2) is 0 Å². The number of hydrogen-bond acceptors (Lipinski definition) is 6. The SMILES string of the molecule is CC(C)N(N)CC(=O)N1CSCC1C#N.O=C(O)C(F)(F)F. The molecule has 1 amide bonds. The monoisotopic (exact) mass is 342 g/mol. The molecule has 0 aliphatic carbocycles. The Kier molecular flexibility index (Phi) is 8.21. The molecule has 1 rings (SSSR count). The minimum Gasteiger partial charge on any atom is -0.475 e. The van der Waals surface area contributed by atoms with Gasteiger partial charge in [0.05, 0.1) is 18.5 Å². The zero-order chi connectivity index (χ0) is 17.5. The lowest BCUT2D eigenvalue weighted by atomic mass is 10.3. The van der Waals surface area contributed by atoms with Crippen LogP contribution >= 0.6 is 11.8 Å². The number of nitrogens with two attached hydrogens (primary N) is 1. The molecular weight excluding hydrogens is 325 g/mol. The van der Waals surface area contributed by atoms with Crippen LogP contribution in [0.15, 0.2) is 0 Å². The minimum atomic E-state index is -5.08. The van der Waals surface area contributed by atoms with Crippen molar-refractivity contribution in [1.29, 1.82) is 5.26 Å². The Labute approximate surface area is 129 Å². The highest BCUT2D eigenvalue weighted by Crippen LogP contribution is 2.20. The Bertz CT molecular complexity index is 439. The Morgan fingerprint density at radius 1 is 1.55 bits per heavy atom. The van der Waals surface area contributed by atoms with Crippen LogP contribution in [0, 0.1) is 11.3 Å². The number of halogens is 3. The Morgan fingerprint density at radius 3 is 2.41 bits per heavy atom. The number of carboxylic acids is 1. The quantitative estimate of drug-likeness (QED) is 0.571. The number of carbonyl (C=O) groups excluding carboxylic acids is 1. The summed E-state index contributed by atoms with van der Waals surface area (Å²) in [6.07, 6.45) is -5.08. The van der Waals surface area contributed by atoms with Crippen molar-refractivity contribution in [2.45, 2.75) is 32.1 Å². The average molecular weight is 342 g/mol. The molecule has 0 spiro atoms. The lowest BCUT2D eigenvalue weighted by Crippen LogP contribution is -2.47. The minimum absolute atomic E-state index is 0.0669. The first-order valence-corrected chi connectivity index (χ1v) is 7.24. The molecule has 11 heteroatoms. The fraction of sp³-hybridized carbons (Fsp3) is 0.727. The predicted molar refractivity (Wildman–Crippen MR) is 73.3 cm³/mol. The second-order valence-corrected chi connectivity index (χ2v) is 5.58. The Hall–Kier alpha value is -1.51. The second kappa shape index (κ2) is 8.82. The zero-order valence-electron chi connectivity index (χ0n) is 12.0. The van der Waals surface area contributed by atoms with Gasteiger partial charge in [-0.2, -0.15) is 18.4 Å². The van der Waals surface area contributed by atoms with Crippen LogP contribution < -0.4 is 5.84 Å². The van der Waals surface area contributed by atoms with Crippen molar-refractivity contribution in [2.75, 3.05) is 18.2 Å². The van der Waals surface area contributed by atoms with E-state index in [1.807, 2.05) is 13.8 Å². The van der Waals surface area contributed by atoms with Crippen molar-refractivity contribution >= 4 is 23.6 Å². The second-order valence-electron chi connectivity index (χ2n) is 4.58. The average Bonchev–Trinajstić information content (AvgIpc) is 2.86. The molecule has 0 saturated carbocycles. The standard InChI is InChI=1S/C9H16N4OS.C2HF3O2/c1-7(2)13(11)4-9(14)12-6-15-5-8(12)3-10;3-2(4,5)1(6)7/h7-8H,4-6,11H2,1-2H3;(H,6,7). The molecule has 1 unspecified atom stereocenters. The summed E-state index contributed by atoms with van der Waals surface area (Å²) in [4.78, 5) is 22.3. The van der Waals surface area contributed by atoms with Gasteiger partial charge in [0.1, 0.15) is 6.04 Å². The van der Waals surface area contributed by atoms with Crippen molar-refractivity contribution in [2.24, 2.45) is 5.84 Å². The summed E-state index contributed by atoms with van der Waals surface area (Å²) in [5, 5.41) is 17.4. The molecule has 1 saturated heterocycles. The normalized spacial score (nSPS) is 18.0. The van der Waals surface area contributed by atoms with Gasteiger partial charge in [-0.3, -0.25) is 10.6 Å². The van der Waals surface area contributed by atoms with Crippen LogP contribution in [0.5, 0.6) is 0 Å². The third-order valence-corrected chi connectivity index (χ3v) is 3.59. The molecule has 0 aromatic carbocycles. The zero-order valence-corrected chi connectivity index (χ0v) is 12.8. The predicted octanol–water partition coefficient (Wildman–Crippen LogP) is 0.629. The maximum absolute atomic E-state index is 11.8. The molecule has 7 nitrogen and oxygen atoms in total. The molecule has 0 aromatic heterocycles. The highest BCUT2D eigenvalue weighted by molar-refractivity contribution is 7.99. The summed E-state index contributed by atoms with van der Waals surface area (Å²) in [5.41, 5.74) is 0. The van der Waals surface area contributed by atoms with E-state index < -0.39 is 12.1 Å². The van der Waals surface area contributed by atoms with E-state index >= 15 is 0 Å². The molecule has 0 aromatic rings. The summed E-state index contributed by atoms with van der Waals surface area (Å²) in [6, 6.07) is 1.96. The van der Waals surface area contributed by atoms with Crippen molar-refractivity contribution in [1.82, 2.24) is 9.91 Å². The number of hydrogen-bond donors (Lipinski definition) is 2. The number of nitrogens with zero attached hydrogens (tertiary/aromatic N) is 3. The first-order chi connectivity index (χ1) is 10.0. The van der Waals surface area contributed by atoms with Gasteiger partial charge in [0.2, 0.25) is 5.91 Å². The van der Waals surface area contributed by atoms with Gasteiger partial charge in [-0.25, -0.2) is 9.80 Å². The molecule has 1 atom stereocenters. The lowest BCUT2D eigenvalue weighted by molar-refractivity contribution is -0.192. The molecule has 0 radical (unpaired) electrons. The molecule has 126 valence electrons. The number of amides is 1. The van der Waals surface area contributed by atoms with Gasteiger partial charge in [0, 0.05) is 11.8 Å². The summed E-state index contributed by atoms with van der Waals surface area (Å²) >= 11 is 1.60. The molecule has 22 heavy (non-hydrogen) atoms. The molecule has 1 fully saturated rings. The molecule has 1 aliphatic rings. The first kappa shape index (κ1) is 20.5. The molecule has 3 N–H and O–H groups in total. The number of rotatable bonds is 3. The number of alkyl halides is 3. The van der Waals surface area contributed by atoms with Crippen molar-refractivity contribution in [3.05, 3.63) is 0 Å². The van der Waals surface area contributed by atoms with E-state index in [-0.39, 0.29) is 24.5 Å². The number of thioether (sulfide) groups is 1. The van der Waals surface area contributed by atoms with Crippen LogP contribution in [0.2, 0.25) is 0 Å². The van der Waals surface area contributed by atoms with E-state index in [0.717, 1.165) is 0 Å². The van der Waals surface area contributed by atoms with E-state index in [1.54, 1.807) is 16.7 Å². The van der Waals surface area contributed by atoms with E-state index in [1.165, 1.54) is 5.01 Å². The van der Waals surface area contributed by atoms with E-state index in [4.69, 9.17) is 21.0 Å².